The second-order valence-electron chi connectivity index (χ2n) is 4.73. The average Bonchev–Trinajstić information content (AvgIpc) is 2.99. The van der Waals surface area contributed by atoms with Gasteiger partial charge >= 0.3 is 0 Å². The second kappa shape index (κ2) is 7.17. The van der Waals surface area contributed by atoms with E-state index in [1.54, 1.807) is 17.4 Å². The van der Waals surface area contributed by atoms with Crippen molar-refractivity contribution in [3.8, 4) is 0 Å². The average molecular weight is 324 g/mol. The summed E-state index contributed by atoms with van der Waals surface area (Å²) in [5.74, 6) is 0. The molecule has 0 aliphatic carbocycles. The van der Waals surface area contributed by atoms with Gasteiger partial charge in [0.2, 0.25) is 10.0 Å². The van der Waals surface area contributed by atoms with Crippen molar-refractivity contribution in [3.63, 3.8) is 0 Å². The van der Waals surface area contributed by atoms with Crippen molar-refractivity contribution in [2.45, 2.75) is 31.2 Å². The number of aryl methyl sites for hydroxylation is 1. The molecular formula is C15H20N2O2S2. The number of rotatable bonds is 7. The van der Waals surface area contributed by atoms with Crippen molar-refractivity contribution in [2.24, 2.45) is 5.73 Å². The van der Waals surface area contributed by atoms with Crippen LogP contribution in [-0.2, 0) is 29.4 Å². The summed E-state index contributed by atoms with van der Waals surface area (Å²) in [6, 6.07) is 9.37. The summed E-state index contributed by atoms with van der Waals surface area (Å²) in [6.07, 6.45) is 1.38. The zero-order chi connectivity index (χ0) is 15.3. The molecule has 1 aromatic carbocycles. The van der Waals surface area contributed by atoms with E-state index in [1.165, 1.54) is 4.88 Å². The fourth-order valence-corrected chi connectivity index (χ4v) is 4.21. The Labute approximate surface area is 130 Å². The Morgan fingerprint density at radius 2 is 2.10 bits per heavy atom. The molecule has 0 bridgehead atoms. The van der Waals surface area contributed by atoms with Gasteiger partial charge in [0.15, 0.2) is 0 Å². The summed E-state index contributed by atoms with van der Waals surface area (Å²) < 4.78 is 27.6. The van der Waals surface area contributed by atoms with Crippen molar-refractivity contribution >= 4 is 21.4 Å². The van der Waals surface area contributed by atoms with Gasteiger partial charge in [-0.05, 0) is 41.5 Å². The largest absolute Gasteiger partial charge is 0.326 e. The Morgan fingerprint density at radius 1 is 1.29 bits per heavy atom. The highest BCUT2D eigenvalue weighted by Gasteiger charge is 2.17. The van der Waals surface area contributed by atoms with Gasteiger partial charge in [-0.3, -0.25) is 0 Å². The van der Waals surface area contributed by atoms with Gasteiger partial charge in [-0.25, -0.2) is 13.1 Å². The van der Waals surface area contributed by atoms with Gasteiger partial charge in [-0.1, -0.05) is 25.1 Å². The molecule has 0 spiro atoms. The smallest absolute Gasteiger partial charge is 0.240 e. The highest BCUT2D eigenvalue weighted by molar-refractivity contribution is 7.89. The molecule has 0 radical (unpaired) electrons. The standard InChI is InChI=1S/C15H20N2O2S2/c1-2-13-6-5-12(11-16)10-15(13)21(18,19)17-8-7-14-4-3-9-20-14/h3-6,9-10,17H,2,7-8,11,16H2,1H3. The zero-order valence-electron chi connectivity index (χ0n) is 12.0. The zero-order valence-corrected chi connectivity index (χ0v) is 13.6. The lowest BCUT2D eigenvalue weighted by Crippen LogP contribution is -2.27. The second-order valence-corrected chi connectivity index (χ2v) is 7.49. The maximum Gasteiger partial charge on any atom is 0.240 e. The van der Waals surface area contributed by atoms with E-state index >= 15 is 0 Å². The predicted octanol–water partition coefficient (Wildman–Crippen LogP) is 2.29. The Kier molecular flexibility index (Phi) is 5.52. The number of hydrogen-bond donors (Lipinski definition) is 2. The first-order valence-corrected chi connectivity index (χ1v) is 9.27. The summed E-state index contributed by atoms with van der Waals surface area (Å²) in [4.78, 5) is 1.52. The molecule has 1 heterocycles. The van der Waals surface area contributed by atoms with Gasteiger partial charge in [-0.2, -0.15) is 0 Å². The Bertz CT molecular complexity index is 680. The van der Waals surface area contributed by atoms with Crippen LogP contribution in [0.3, 0.4) is 0 Å². The normalized spacial score (nSPS) is 11.7. The molecule has 0 aliphatic rings. The molecule has 0 aliphatic heterocycles. The molecule has 2 aromatic rings. The molecule has 1 aromatic heterocycles. The van der Waals surface area contributed by atoms with Crippen LogP contribution in [0.4, 0.5) is 0 Å². The molecule has 0 saturated heterocycles. The van der Waals surface area contributed by atoms with Crippen molar-refractivity contribution in [3.05, 3.63) is 51.7 Å². The third-order valence-corrected chi connectivity index (χ3v) is 5.76. The van der Waals surface area contributed by atoms with Gasteiger partial charge in [0, 0.05) is 18.0 Å². The van der Waals surface area contributed by atoms with Crippen LogP contribution >= 0.6 is 11.3 Å². The minimum Gasteiger partial charge on any atom is -0.326 e. The minimum absolute atomic E-state index is 0.335. The van der Waals surface area contributed by atoms with Gasteiger partial charge in [-0.15, -0.1) is 11.3 Å². The Hall–Kier alpha value is -1.21. The van der Waals surface area contributed by atoms with E-state index in [9.17, 15) is 8.42 Å². The summed E-state index contributed by atoms with van der Waals surface area (Å²) in [5, 5.41) is 1.99. The molecule has 4 nitrogen and oxygen atoms in total. The molecule has 6 heteroatoms. The lowest BCUT2D eigenvalue weighted by Gasteiger charge is -2.12. The quantitative estimate of drug-likeness (QED) is 0.821. The molecule has 3 N–H and O–H groups in total. The third kappa shape index (κ3) is 4.14. The lowest BCUT2D eigenvalue weighted by molar-refractivity contribution is 0.580. The van der Waals surface area contributed by atoms with E-state index in [0.717, 1.165) is 11.1 Å². The Balaban J connectivity index is 2.14. The molecule has 0 atom stereocenters. The van der Waals surface area contributed by atoms with E-state index < -0.39 is 10.0 Å². The molecule has 21 heavy (non-hydrogen) atoms. The fourth-order valence-electron chi connectivity index (χ4n) is 2.11. The van der Waals surface area contributed by atoms with Crippen molar-refractivity contribution in [1.29, 1.82) is 0 Å². The minimum atomic E-state index is -3.49. The first-order valence-electron chi connectivity index (χ1n) is 6.90. The Morgan fingerprint density at radius 3 is 2.71 bits per heavy atom. The number of nitrogens with one attached hydrogen (secondary N) is 1. The van der Waals surface area contributed by atoms with E-state index in [-0.39, 0.29) is 0 Å². The summed E-state index contributed by atoms with van der Waals surface area (Å²) in [7, 11) is -3.49. The molecule has 0 fully saturated rings. The number of hydrogen-bond acceptors (Lipinski definition) is 4. The summed E-state index contributed by atoms with van der Waals surface area (Å²) in [5.41, 5.74) is 7.24. The molecular weight excluding hydrogens is 304 g/mol. The van der Waals surface area contributed by atoms with Gasteiger partial charge in [0.1, 0.15) is 0 Å². The highest BCUT2D eigenvalue weighted by atomic mass is 32.2. The van der Waals surface area contributed by atoms with Crippen LogP contribution in [0, 0.1) is 0 Å². The van der Waals surface area contributed by atoms with Crippen LogP contribution in [0.5, 0.6) is 0 Å². The van der Waals surface area contributed by atoms with Crippen molar-refractivity contribution in [2.75, 3.05) is 6.54 Å². The summed E-state index contributed by atoms with van der Waals surface area (Å²) >= 11 is 1.63. The highest BCUT2D eigenvalue weighted by Crippen LogP contribution is 2.18. The van der Waals surface area contributed by atoms with Crippen molar-refractivity contribution in [1.82, 2.24) is 4.72 Å². The molecule has 0 unspecified atom stereocenters. The maximum atomic E-state index is 12.5. The van der Waals surface area contributed by atoms with E-state index in [0.29, 0.717) is 30.8 Å². The topological polar surface area (TPSA) is 72.2 Å². The maximum absolute atomic E-state index is 12.5. The van der Waals surface area contributed by atoms with Gasteiger partial charge in [0.25, 0.3) is 0 Å². The molecule has 114 valence electrons. The van der Waals surface area contributed by atoms with Crippen LogP contribution in [0.2, 0.25) is 0 Å². The number of benzene rings is 1. The predicted molar refractivity (Wildman–Crippen MR) is 86.9 cm³/mol. The first-order chi connectivity index (χ1) is 10.1. The number of sulfonamides is 1. The number of nitrogens with two attached hydrogens (primary N) is 1. The summed E-state index contributed by atoms with van der Waals surface area (Å²) in [6.45, 7) is 2.68. The molecule has 0 saturated carbocycles. The van der Waals surface area contributed by atoms with Crippen LogP contribution in [0.1, 0.15) is 22.9 Å². The third-order valence-electron chi connectivity index (χ3n) is 3.28. The lowest BCUT2D eigenvalue weighted by atomic mass is 10.1. The van der Waals surface area contributed by atoms with Crippen LogP contribution < -0.4 is 10.5 Å². The van der Waals surface area contributed by atoms with Gasteiger partial charge < -0.3 is 5.73 Å². The van der Waals surface area contributed by atoms with E-state index in [4.69, 9.17) is 5.73 Å². The van der Waals surface area contributed by atoms with E-state index in [1.807, 2.05) is 36.6 Å². The van der Waals surface area contributed by atoms with Gasteiger partial charge in [0.05, 0.1) is 4.90 Å². The van der Waals surface area contributed by atoms with Crippen LogP contribution in [0.25, 0.3) is 0 Å². The van der Waals surface area contributed by atoms with E-state index in [2.05, 4.69) is 4.72 Å². The van der Waals surface area contributed by atoms with Crippen LogP contribution in [-0.4, -0.2) is 15.0 Å². The monoisotopic (exact) mass is 324 g/mol. The van der Waals surface area contributed by atoms with Crippen molar-refractivity contribution < 1.29 is 8.42 Å². The van der Waals surface area contributed by atoms with Crippen LogP contribution in [0.15, 0.2) is 40.6 Å². The SMILES string of the molecule is CCc1ccc(CN)cc1S(=O)(=O)NCCc1cccs1. The fraction of sp³-hybridized carbons (Fsp3) is 0.333. The molecule has 2 rings (SSSR count). The molecule has 0 amide bonds. The number of thiophene rings is 1. The first kappa shape index (κ1) is 16.2.